The van der Waals surface area contributed by atoms with Gasteiger partial charge in [-0.15, -0.1) is 11.8 Å². The number of methoxy groups -OCH3 is 1. The molecule has 3 rings (SSSR count). The number of hydrogen-bond donors (Lipinski definition) is 2. The summed E-state index contributed by atoms with van der Waals surface area (Å²) in [5.74, 6) is -0.824. The van der Waals surface area contributed by atoms with Crippen LogP contribution in [0.2, 0.25) is 0 Å². The molecule has 10 heteroatoms. The number of halogens is 1. The summed E-state index contributed by atoms with van der Waals surface area (Å²) in [6.45, 7) is -0.268. The molecule has 0 bridgehead atoms. The molecule has 0 saturated carbocycles. The van der Waals surface area contributed by atoms with Crippen LogP contribution in [0.1, 0.15) is 0 Å². The molecule has 0 spiro atoms. The maximum absolute atomic E-state index is 12.2. The van der Waals surface area contributed by atoms with Crippen molar-refractivity contribution in [2.75, 3.05) is 19.5 Å². The van der Waals surface area contributed by atoms with Gasteiger partial charge in [-0.2, -0.15) is 0 Å². The summed E-state index contributed by atoms with van der Waals surface area (Å²) < 4.78 is 10.4. The molecule has 2 aliphatic rings. The molecule has 0 aliphatic carbocycles. The molecule has 2 N–H and O–H groups in total. The highest BCUT2D eigenvalue weighted by molar-refractivity contribution is 8.00. The van der Waals surface area contributed by atoms with Crippen molar-refractivity contribution in [2.24, 2.45) is 0 Å². The number of aliphatic carboxylic acids is 1. The van der Waals surface area contributed by atoms with Gasteiger partial charge >= 0.3 is 5.97 Å². The van der Waals surface area contributed by atoms with E-state index in [1.54, 1.807) is 31.4 Å². The lowest BCUT2D eigenvalue weighted by Crippen LogP contribution is -2.70. The van der Waals surface area contributed by atoms with Crippen LogP contribution in [0.15, 0.2) is 35.0 Å². The first-order valence-corrected chi connectivity index (χ1v) is 8.98. The van der Waals surface area contributed by atoms with Crippen molar-refractivity contribution in [1.82, 2.24) is 10.2 Å². The van der Waals surface area contributed by atoms with Crippen molar-refractivity contribution in [1.29, 1.82) is 0 Å². The van der Waals surface area contributed by atoms with Crippen molar-refractivity contribution in [2.45, 2.75) is 11.4 Å². The van der Waals surface area contributed by atoms with Crippen molar-refractivity contribution >= 4 is 41.1 Å². The number of nitrogens with one attached hydrogen (secondary N) is 1. The smallest absolute Gasteiger partial charge is 0.353 e. The first-order chi connectivity index (χ1) is 12.4. The van der Waals surface area contributed by atoms with Gasteiger partial charge in [0.1, 0.15) is 28.6 Å². The van der Waals surface area contributed by atoms with Crippen LogP contribution in [0.3, 0.4) is 0 Å². The van der Waals surface area contributed by atoms with E-state index in [-0.39, 0.29) is 23.1 Å². The van der Waals surface area contributed by atoms with E-state index in [9.17, 15) is 19.5 Å². The highest BCUT2D eigenvalue weighted by Gasteiger charge is 2.54. The van der Waals surface area contributed by atoms with E-state index in [0.717, 1.165) is 4.90 Å². The van der Waals surface area contributed by atoms with Crippen LogP contribution in [-0.2, 0) is 14.4 Å². The van der Waals surface area contributed by atoms with E-state index in [1.807, 2.05) is 0 Å². The van der Waals surface area contributed by atoms with Gasteiger partial charge in [0.2, 0.25) is 0 Å². The number of carbonyl (C=O) groups excluding carboxylic acids is 2. The molecule has 0 radical (unpaired) electrons. The SMILES string of the molecule is COc1ccc(OCC(=O)N[C@@H]2C(=O)N3C(C(=O)O)=C(Cl)CS[C@H]23)cc1. The molecule has 138 valence electrons. The molecule has 0 aromatic heterocycles. The standard InChI is InChI=1S/C16H15ClN2O6S/c1-24-8-2-4-9(5-3-8)25-6-11(20)18-12-14(21)19-13(16(22)23)10(17)7-26-15(12)19/h2-5,12,15H,6-7H2,1H3,(H,18,20)(H,22,23)/t12-,15-/m1/s1. The first-order valence-electron chi connectivity index (χ1n) is 7.55. The summed E-state index contributed by atoms with van der Waals surface area (Å²) in [6.07, 6.45) is 0. The number of nitrogens with zero attached hydrogens (tertiary/aromatic N) is 1. The number of amides is 2. The minimum absolute atomic E-state index is 0.111. The normalized spacial score (nSPS) is 21.6. The van der Waals surface area contributed by atoms with E-state index in [2.05, 4.69) is 5.32 Å². The molecule has 1 aromatic rings. The van der Waals surface area contributed by atoms with Crippen LogP contribution in [-0.4, -0.2) is 58.7 Å². The van der Waals surface area contributed by atoms with Crippen LogP contribution >= 0.6 is 23.4 Å². The molecule has 0 unspecified atom stereocenters. The number of fused-ring (bicyclic) bond motifs is 1. The molecule has 26 heavy (non-hydrogen) atoms. The van der Waals surface area contributed by atoms with Crippen LogP contribution in [0, 0.1) is 0 Å². The topological polar surface area (TPSA) is 105 Å². The fourth-order valence-corrected chi connectivity index (χ4v) is 4.17. The Balaban J connectivity index is 1.56. The predicted octanol–water partition coefficient (Wildman–Crippen LogP) is 1.01. The van der Waals surface area contributed by atoms with E-state index in [0.29, 0.717) is 11.5 Å². The number of carbonyl (C=O) groups is 3. The van der Waals surface area contributed by atoms with Gasteiger partial charge in [-0.3, -0.25) is 14.5 Å². The minimum Gasteiger partial charge on any atom is -0.497 e. The second kappa shape index (κ2) is 7.46. The summed E-state index contributed by atoms with van der Waals surface area (Å²) in [5.41, 5.74) is -0.222. The van der Waals surface area contributed by atoms with Crippen molar-refractivity contribution < 1.29 is 29.0 Å². The van der Waals surface area contributed by atoms with E-state index in [1.165, 1.54) is 11.8 Å². The summed E-state index contributed by atoms with van der Waals surface area (Å²) in [6, 6.07) is 5.91. The second-order valence-electron chi connectivity index (χ2n) is 5.48. The Kier molecular flexibility index (Phi) is 5.28. The van der Waals surface area contributed by atoms with Crippen molar-refractivity contribution in [3.63, 3.8) is 0 Å². The quantitative estimate of drug-likeness (QED) is 0.689. The number of carboxylic acids is 1. The Morgan fingerprint density at radius 1 is 1.35 bits per heavy atom. The lowest BCUT2D eigenvalue weighted by Gasteiger charge is -2.48. The van der Waals surface area contributed by atoms with Gasteiger partial charge in [0.25, 0.3) is 11.8 Å². The summed E-state index contributed by atoms with van der Waals surface area (Å²) in [7, 11) is 1.55. The van der Waals surface area contributed by atoms with Gasteiger partial charge in [0.05, 0.1) is 12.1 Å². The molecular formula is C16H15ClN2O6S. The number of benzene rings is 1. The van der Waals surface area contributed by atoms with Gasteiger partial charge < -0.3 is 19.9 Å². The molecule has 1 saturated heterocycles. The monoisotopic (exact) mass is 398 g/mol. The predicted molar refractivity (Wildman–Crippen MR) is 94.0 cm³/mol. The van der Waals surface area contributed by atoms with Crippen LogP contribution in [0.5, 0.6) is 11.5 Å². The lowest BCUT2D eigenvalue weighted by molar-refractivity contribution is -0.150. The van der Waals surface area contributed by atoms with Gasteiger partial charge in [-0.05, 0) is 24.3 Å². The summed E-state index contributed by atoms with van der Waals surface area (Å²) in [5, 5.41) is 11.4. The maximum atomic E-state index is 12.2. The third kappa shape index (κ3) is 3.45. The fourth-order valence-electron chi connectivity index (χ4n) is 2.62. The van der Waals surface area contributed by atoms with E-state index < -0.39 is 29.2 Å². The highest BCUT2D eigenvalue weighted by Crippen LogP contribution is 2.41. The minimum atomic E-state index is -1.26. The van der Waals surface area contributed by atoms with Crippen LogP contribution in [0.25, 0.3) is 0 Å². The average molecular weight is 399 g/mol. The Labute approximate surface area is 158 Å². The van der Waals surface area contributed by atoms with Crippen LogP contribution < -0.4 is 14.8 Å². The van der Waals surface area contributed by atoms with Crippen molar-refractivity contribution in [3.05, 3.63) is 35.0 Å². The molecule has 2 aliphatic heterocycles. The lowest BCUT2D eigenvalue weighted by atomic mass is 10.1. The highest BCUT2D eigenvalue weighted by atomic mass is 35.5. The largest absolute Gasteiger partial charge is 0.497 e. The number of rotatable bonds is 6. The van der Waals surface area contributed by atoms with Crippen molar-refractivity contribution in [3.8, 4) is 11.5 Å². The zero-order valence-electron chi connectivity index (χ0n) is 13.6. The Morgan fingerprint density at radius 3 is 2.62 bits per heavy atom. The number of ether oxygens (including phenoxy) is 2. The van der Waals surface area contributed by atoms with E-state index in [4.69, 9.17) is 21.1 Å². The van der Waals surface area contributed by atoms with Crippen LogP contribution in [0.4, 0.5) is 0 Å². The zero-order chi connectivity index (χ0) is 18.8. The Morgan fingerprint density at radius 2 is 2.00 bits per heavy atom. The summed E-state index contributed by atoms with van der Waals surface area (Å²) in [4.78, 5) is 36.6. The number of β-lactam (4-membered cyclic amide) rings is 1. The zero-order valence-corrected chi connectivity index (χ0v) is 15.2. The summed E-state index contributed by atoms with van der Waals surface area (Å²) >= 11 is 7.19. The Bertz CT molecular complexity index is 781. The van der Waals surface area contributed by atoms with Gasteiger partial charge in [-0.25, -0.2) is 4.79 Å². The molecule has 2 atom stereocenters. The molecule has 1 aromatic carbocycles. The average Bonchev–Trinajstić information content (AvgIpc) is 2.64. The molecule has 2 amide bonds. The molecular weight excluding hydrogens is 384 g/mol. The second-order valence-corrected chi connectivity index (χ2v) is 7.04. The number of hydrogen-bond acceptors (Lipinski definition) is 6. The number of thioether (sulfide) groups is 1. The Hall–Kier alpha value is -2.39. The van der Waals surface area contributed by atoms with E-state index >= 15 is 0 Å². The fraction of sp³-hybridized carbons (Fsp3) is 0.312. The maximum Gasteiger partial charge on any atom is 0.353 e. The third-order valence-corrected chi connectivity index (χ3v) is 5.62. The van der Waals surface area contributed by atoms with Gasteiger partial charge in [0, 0.05) is 5.75 Å². The third-order valence-electron chi connectivity index (χ3n) is 3.87. The van der Waals surface area contributed by atoms with Gasteiger partial charge in [0.15, 0.2) is 6.61 Å². The number of carboxylic acid groups (broad SMARTS) is 1. The molecule has 2 heterocycles. The molecule has 1 fully saturated rings. The van der Waals surface area contributed by atoms with Gasteiger partial charge in [-0.1, -0.05) is 11.6 Å². The first kappa shape index (κ1) is 18.4. The molecule has 8 nitrogen and oxygen atoms in total.